The zero-order valence-electron chi connectivity index (χ0n) is 16.6. The summed E-state index contributed by atoms with van der Waals surface area (Å²) in [4.78, 5) is 14.8. The highest BCUT2D eigenvalue weighted by atomic mass is 16.5. The molecule has 2 amide bonds. The molecule has 2 aliphatic rings. The minimum atomic E-state index is -0.233. The molecule has 1 saturated heterocycles. The number of amides is 2. The van der Waals surface area contributed by atoms with Gasteiger partial charge < -0.3 is 15.0 Å². The van der Waals surface area contributed by atoms with E-state index in [1.54, 1.807) is 6.20 Å². The summed E-state index contributed by atoms with van der Waals surface area (Å²) < 4.78 is 6.28. The van der Waals surface area contributed by atoms with Crippen LogP contribution in [0.2, 0.25) is 0 Å². The lowest BCUT2D eigenvalue weighted by Gasteiger charge is -2.45. The molecular weight excluding hydrogens is 364 g/mol. The van der Waals surface area contributed by atoms with Crippen molar-refractivity contribution in [2.24, 2.45) is 0 Å². The standard InChI is InChI=1S/C23H26N4O2/c1-16(18-6-7-21-19(14-18)15-24-26-21)25-22(28)27-11-9-23(10-12-27)20-5-3-2-4-17(20)8-13-29-23/h2-7,14-16H,8-13H2,1H3,(H,24,26)(H,25,28). The second-order valence-electron chi connectivity index (χ2n) is 8.12. The summed E-state index contributed by atoms with van der Waals surface area (Å²) in [6.45, 7) is 4.18. The molecule has 150 valence electrons. The van der Waals surface area contributed by atoms with E-state index >= 15 is 0 Å². The molecule has 3 aromatic rings. The highest BCUT2D eigenvalue weighted by Gasteiger charge is 2.41. The number of aromatic amines is 1. The Hall–Kier alpha value is -2.86. The molecule has 0 radical (unpaired) electrons. The van der Waals surface area contributed by atoms with E-state index in [0.717, 1.165) is 42.3 Å². The molecule has 29 heavy (non-hydrogen) atoms. The van der Waals surface area contributed by atoms with Crippen molar-refractivity contribution in [3.63, 3.8) is 0 Å². The summed E-state index contributed by atoms with van der Waals surface area (Å²) in [5, 5.41) is 11.2. The van der Waals surface area contributed by atoms with E-state index in [-0.39, 0.29) is 17.7 Å². The lowest BCUT2D eigenvalue weighted by atomic mass is 9.79. The van der Waals surface area contributed by atoms with Crippen LogP contribution in [0.4, 0.5) is 4.79 Å². The van der Waals surface area contributed by atoms with E-state index in [9.17, 15) is 4.79 Å². The Morgan fingerprint density at radius 2 is 2.07 bits per heavy atom. The number of ether oxygens (including phenoxy) is 1. The number of urea groups is 1. The summed E-state index contributed by atoms with van der Waals surface area (Å²) in [5.41, 5.74) is 4.54. The van der Waals surface area contributed by atoms with Gasteiger partial charge in [0.2, 0.25) is 0 Å². The minimum Gasteiger partial charge on any atom is -0.370 e. The van der Waals surface area contributed by atoms with Gasteiger partial charge in [0.25, 0.3) is 0 Å². The maximum atomic E-state index is 12.9. The first kappa shape index (κ1) is 18.2. The molecule has 2 aliphatic heterocycles. The predicted molar refractivity (Wildman–Crippen MR) is 112 cm³/mol. The molecule has 0 saturated carbocycles. The second kappa shape index (κ2) is 7.19. The van der Waals surface area contributed by atoms with Crippen molar-refractivity contribution in [3.8, 4) is 0 Å². The first-order valence-electron chi connectivity index (χ1n) is 10.4. The van der Waals surface area contributed by atoms with Crippen LogP contribution >= 0.6 is 0 Å². The number of likely N-dealkylation sites (tertiary alicyclic amines) is 1. The lowest BCUT2D eigenvalue weighted by Crippen LogP contribution is -2.51. The number of hydrogen-bond acceptors (Lipinski definition) is 3. The molecule has 5 rings (SSSR count). The molecule has 0 bridgehead atoms. The van der Waals surface area contributed by atoms with E-state index < -0.39 is 0 Å². The number of fused-ring (bicyclic) bond motifs is 3. The SMILES string of the molecule is CC(NC(=O)N1CCC2(CC1)OCCc1ccccc12)c1ccc2[nH]ncc2c1. The van der Waals surface area contributed by atoms with Crippen LogP contribution in [0, 0.1) is 0 Å². The zero-order valence-corrected chi connectivity index (χ0v) is 16.6. The monoisotopic (exact) mass is 390 g/mol. The minimum absolute atomic E-state index is 0.0104. The molecule has 6 nitrogen and oxygen atoms in total. The first-order chi connectivity index (χ1) is 14.1. The van der Waals surface area contributed by atoms with Crippen molar-refractivity contribution in [2.75, 3.05) is 19.7 Å². The number of aromatic nitrogens is 2. The number of carbonyl (C=O) groups is 1. The van der Waals surface area contributed by atoms with Crippen LogP contribution in [-0.2, 0) is 16.8 Å². The van der Waals surface area contributed by atoms with E-state index in [1.807, 2.05) is 24.0 Å². The molecular formula is C23H26N4O2. The highest BCUT2D eigenvalue weighted by molar-refractivity contribution is 5.79. The van der Waals surface area contributed by atoms with Gasteiger partial charge in [-0.25, -0.2) is 4.79 Å². The predicted octanol–water partition coefficient (Wildman–Crippen LogP) is 3.90. The third kappa shape index (κ3) is 3.27. The van der Waals surface area contributed by atoms with E-state index in [4.69, 9.17) is 4.74 Å². The molecule has 1 unspecified atom stereocenters. The summed E-state index contributed by atoms with van der Waals surface area (Å²) in [6.07, 6.45) is 4.46. The number of nitrogens with one attached hydrogen (secondary N) is 2. The number of benzene rings is 2. The topological polar surface area (TPSA) is 70.2 Å². The molecule has 3 heterocycles. The number of hydrogen-bond donors (Lipinski definition) is 2. The Balaban J connectivity index is 1.25. The average molecular weight is 390 g/mol. The summed E-state index contributed by atoms with van der Waals surface area (Å²) in [5.74, 6) is 0. The number of carbonyl (C=O) groups excluding carboxylic acids is 1. The normalized spacial score (nSPS) is 19.1. The van der Waals surface area contributed by atoms with Gasteiger partial charge in [-0.1, -0.05) is 30.3 Å². The van der Waals surface area contributed by atoms with Gasteiger partial charge in [0.05, 0.1) is 30.0 Å². The van der Waals surface area contributed by atoms with Gasteiger partial charge in [-0.05, 0) is 55.0 Å². The van der Waals surface area contributed by atoms with Crippen molar-refractivity contribution in [2.45, 2.75) is 37.8 Å². The van der Waals surface area contributed by atoms with Gasteiger partial charge in [-0.2, -0.15) is 5.10 Å². The molecule has 6 heteroatoms. The Kier molecular flexibility index (Phi) is 4.51. The Labute approximate surface area is 170 Å². The Morgan fingerprint density at radius 3 is 2.93 bits per heavy atom. The van der Waals surface area contributed by atoms with Gasteiger partial charge in [0.15, 0.2) is 0 Å². The van der Waals surface area contributed by atoms with Crippen molar-refractivity contribution < 1.29 is 9.53 Å². The molecule has 1 aromatic heterocycles. The van der Waals surface area contributed by atoms with Crippen LogP contribution in [0.1, 0.15) is 42.5 Å². The molecule has 0 aliphatic carbocycles. The fourth-order valence-corrected chi connectivity index (χ4v) is 4.69. The van der Waals surface area contributed by atoms with Crippen LogP contribution in [0.5, 0.6) is 0 Å². The van der Waals surface area contributed by atoms with Crippen molar-refractivity contribution in [1.82, 2.24) is 20.4 Å². The smallest absolute Gasteiger partial charge is 0.317 e. The third-order valence-electron chi connectivity index (χ3n) is 6.42. The Bertz CT molecular complexity index is 1040. The van der Waals surface area contributed by atoms with Gasteiger partial charge >= 0.3 is 6.03 Å². The summed E-state index contributed by atoms with van der Waals surface area (Å²) in [7, 11) is 0. The molecule has 1 atom stereocenters. The number of rotatable bonds is 2. The zero-order chi connectivity index (χ0) is 19.8. The van der Waals surface area contributed by atoms with Crippen LogP contribution in [0.25, 0.3) is 10.9 Å². The van der Waals surface area contributed by atoms with Crippen LogP contribution in [-0.4, -0.2) is 40.8 Å². The first-order valence-corrected chi connectivity index (χ1v) is 10.4. The molecule has 1 fully saturated rings. The van der Waals surface area contributed by atoms with E-state index in [2.05, 4.69) is 45.8 Å². The average Bonchev–Trinajstić information content (AvgIpc) is 3.22. The van der Waals surface area contributed by atoms with Gasteiger partial charge in [-0.15, -0.1) is 0 Å². The van der Waals surface area contributed by atoms with Crippen LogP contribution in [0.3, 0.4) is 0 Å². The lowest BCUT2D eigenvalue weighted by molar-refractivity contribution is -0.0926. The Morgan fingerprint density at radius 1 is 1.24 bits per heavy atom. The number of nitrogens with zero attached hydrogens (tertiary/aromatic N) is 2. The second-order valence-corrected chi connectivity index (χ2v) is 8.12. The molecule has 1 spiro atoms. The van der Waals surface area contributed by atoms with Gasteiger partial charge in [0.1, 0.15) is 0 Å². The third-order valence-corrected chi connectivity index (χ3v) is 6.42. The van der Waals surface area contributed by atoms with Gasteiger partial charge in [0, 0.05) is 18.5 Å². The highest BCUT2D eigenvalue weighted by Crippen LogP contribution is 2.41. The molecule has 2 N–H and O–H groups in total. The molecule has 2 aromatic carbocycles. The number of piperidine rings is 1. The quantitative estimate of drug-likeness (QED) is 0.697. The van der Waals surface area contributed by atoms with Crippen molar-refractivity contribution in [3.05, 3.63) is 65.4 Å². The summed E-state index contributed by atoms with van der Waals surface area (Å²) in [6, 6.07) is 14.6. The van der Waals surface area contributed by atoms with Gasteiger partial charge in [-0.3, -0.25) is 5.10 Å². The largest absolute Gasteiger partial charge is 0.370 e. The van der Waals surface area contributed by atoms with Crippen LogP contribution in [0.15, 0.2) is 48.7 Å². The maximum absolute atomic E-state index is 12.9. The maximum Gasteiger partial charge on any atom is 0.317 e. The fourth-order valence-electron chi connectivity index (χ4n) is 4.69. The van der Waals surface area contributed by atoms with Crippen molar-refractivity contribution >= 4 is 16.9 Å². The summed E-state index contributed by atoms with van der Waals surface area (Å²) >= 11 is 0. The van der Waals surface area contributed by atoms with Crippen LogP contribution < -0.4 is 5.32 Å². The number of H-pyrrole nitrogens is 1. The fraction of sp³-hybridized carbons (Fsp3) is 0.391. The van der Waals surface area contributed by atoms with E-state index in [0.29, 0.717) is 13.1 Å². The van der Waals surface area contributed by atoms with E-state index in [1.165, 1.54) is 11.1 Å². The van der Waals surface area contributed by atoms with Crippen molar-refractivity contribution in [1.29, 1.82) is 0 Å².